The fourth-order valence-corrected chi connectivity index (χ4v) is 3.88. The number of sulfonamides is 1. The number of ether oxygens (including phenoxy) is 1. The summed E-state index contributed by atoms with van der Waals surface area (Å²) in [6.07, 6.45) is 2.93. The van der Waals surface area contributed by atoms with E-state index in [4.69, 9.17) is 4.74 Å². The van der Waals surface area contributed by atoms with E-state index in [9.17, 15) is 23.3 Å². The minimum atomic E-state index is -3.26. The van der Waals surface area contributed by atoms with E-state index >= 15 is 0 Å². The number of carbonyl (C=O) groups is 2. The summed E-state index contributed by atoms with van der Waals surface area (Å²) in [7, 11) is 0.547. The maximum Gasteiger partial charge on any atom is 0.349 e. The summed E-state index contributed by atoms with van der Waals surface area (Å²) in [5.41, 5.74) is 1.44. The van der Waals surface area contributed by atoms with Crippen molar-refractivity contribution in [2.45, 2.75) is 6.42 Å². The van der Waals surface area contributed by atoms with E-state index in [0.29, 0.717) is 16.9 Å². The molecule has 2 aromatic rings. The molecule has 2 rings (SSSR count). The Hall–Kier alpha value is -3.00. The molecule has 0 saturated carbocycles. The van der Waals surface area contributed by atoms with Crippen LogP contribution in [0.2, 0.25) is 0 Å². The number of esters is 1. The third-order valence-electron chi connectivity index (χ3n) is 4.07. The minimum Gasteiger partial charge on any atom is -0.453 e. The monoisotopic (exact) mass is 461 g/mol. The van der Waals surface area contributed by atoms with E-state index < -0.39 is 28.4 Å². The lowest BCUT2D eigenvalue weighted by atomic mass is 10.1. The molecule has 0 saturated heterocycles. The van der Waals surface area contributed by atoms with Crippen molar-refractivity contribution in [2.75, 3.05) is 38.4 Å². The molecular formula is C21H23N3O5S2. The number of benzene rings is 1. The Morgan fingerprint density at radius 3 is 2.45 bits per heavy atom. The van der Waals surface area contributed by atoms with Crippen LogP contribution in [0.4, 0.5) is 5.69 Å². The number of carbonyl (C=O) groups excluding carboxylic acids is 2. The van der Waals surface area contributed by atoms with Gasteiger partial charge >= 0.3 is 5.97 Å². The quantitative estimate of drug-likeness (QED) is 0.250. The second-order valence-electron chi connectivity index (χ2n) is 6.84. The number of rotatable bonds is 10. The SMILES string of the molecule is CN(C)c1ccc(/C=C(\C#N)C(=O)OCC(=O)c2ccc(CCNS(C)(=O)=O)s2)cc1. The molecule has 0 bridgehead atoms. The lowest BCUT2D eigenvalue weighted by Gasteiger charge is -2.11. The number of ketones is 1. The molecule has 0 aliphatic rings. The molecule has 0 radical (unpaired) electrons. The lowest BCUT2D eigenvalue weighted by molar-refractivity contribution is -0.137. The minimum absolute atomic E-state index is 0.205. The smallest absolute Gasteiger partial charge is 0.349 e. The van der Waals surface area contributed by atoms with Gasteiger partial charge in [-0.1, -0.05) is 12.1 Å². The molecule has 0 amide bonds. The fraction of sp³-hybridized carbons (Fsp3) is 0.286. The summed E-state index contributed by atoms with van der Waals surface area (Å²) in [5.74, 6) is -1.27. The van der Waals surface area contributed by atoms with Gasteiger partial charge in [-0.3, -0.25) is 4.79 Å². The summed E-state index contributed by atoms with van der Waals surface area (Å²) in [6.45, 7) is -0.257. The van der Waals surface area contributed by atoms with E-state index in [1.807, 2.05) is 31.1 Å². The zero-order valence-corrected chi connectivity index (χ0v) is 19.0. The number of hydrogen-bond donors (Lipinski definition) is 1. The van der Waals surface area contributed by atoms with Gasteiger partial charge in [0.05, 0.1) is 11.1 Å². The molecule has 0 fully saturated rings. The highest BCUT2D eigenvalue weighted by Crippen LogP contribution is 2.18. The average molecular weight is 462 g/mol. The van der Waals surface area contributed by atoms with Crippen LogP contribution in [0, 0.1) is 11.3 Å². The van der Waals surface area contributed by atoms with Crippen molar-refractivity contribution in [3.8, 4) is 6.07 Å². The van der Waals surface area contributed by atoms with E-state index in [1.165, 1.54) is 17.4 Å². The van der Waals surface area contributed by atoms with Crippen molar-refractivity contribution in [3.05, 3.63) is 57.3 Å². The Morgan fingerprint density at radius 2 is 1.87 bits per heavy atom. The number of nitrogens with zero attached hydrogens (tertiary/aromatic N) is 2. The molecule has 10 heteroatoms. The van der Waals surface area contributed by atoms with Crippen LogP contribution < -0.4 is 9.62 Å². The van der Waals surface area contributed by atoms with Gasteiger partial charge in [0.2, 0.25) is 15.8 Å². The molecule has 164 valence electrons. The number of nitriles is 1. The molecule has 0 aliphatic heterocycles. The van der Waals surface area contributed by atoms with E-state index in [2.05, 4.69) is 4.72 Å². The van der Waals surface area contributed by atoms with Gasteiger partial charge in [-0.25, -0.2) is 17.9 Å². The first-order valence-corrected chi connectivity index (χ1v) is 11.9. The van der Waals surface area contributed by atoms with Crippen LogP contribution in [0.1, 0.15) is 20.1 Å². The fourth-order valence-electron chi connectivity index (χ4n) is 2.47. The largest absolute Gasteiger partial charge is 0.453 e. The highest BCUT2D eigenvalue weighted by atomic mass is 32.2. The Balaban J connectivity index is 1.93. The van der Waals surface area contributed by atoms with Gasteiger partial charge < -0.3 is 9.64 Å². The highest BCUT2D eigenvalue weighted by molar-refractivity contribution is 7.88. The summed E-state index contributed by atoms with van der Waals surface area (Å²) < 4.78 is 29.6. The molecule has 0 aliphatic carbocycles. The van der Waals surface area contributed by atoms with Gasteiger partial charge in [-0.2, -0.15) is 5.26 Å². The zero-order valence-electron chi connectivity index (χ0n) is 17.4. The van der Waals surface area contributed by atoms with E-state index in [-0.39, 0.29) is 12.1 Å². The van der Waals surface area contributed by atoms with Crippen LogP contribution in [-0.4, -0.2) is 53.7 Å². The first-order valence-electron chi connectivity index (χ1n) is 9.22. The Morgan fingerprint density at radius 1 is 1.19 bits per heavy atom. The summed E-state index contributed by atoms with van der Waals surface area (Å²) in [6, 6.07) is 12.4. The second-order valence-corrected chi connectivity index (χ2v) is 9.84. The lowest BCUT2D eigenvalue weighted by Crippen LogP contribution is -2.24. The molecule has 0 unspecified atom stereocenters. The van der Waals surface area contributed by atoms with Gasteiger partial charge in [0.25, 0.3) is 0 Å². The van der Waals surface area contributed by atoms with Crippen LogP contribution in [0.15, 0.2) is 42.0 Å². The molecule has 8 nitrogen and oxygen atoms in total. The Kier molecular flexibility index (Phi) is 8.50. The number of thiophene rings is 1. The third-order valence-corrected chi connectivity index (χ3v) is 5.98. The van der Waals surface area contributed by atoms with Crippen LogP contribution in [-0.2, 0) is 26.0 Å². The van der Waals surface area contributed by atoms with Crippen molar-refractivity contribution in [3.63, 3.8) is 0 Å². The van der Waals surface area contributed by atoms with Gasteiger partial charge in [0, 0.05) is 31.2 Å². The van der Waals surface area contributed by atoms with Crippen molar-refractivity contribution in [1.82, 2.24) is 4.72 Å². The molecule has 1 aromatic carbocycles. The molecule has 31 heavy (non-hydrogen) atoms. The molecule has 0 atom stereocenters. The Bertz CT molecular complexity index is 1110. The van der Waals surface area contributed by atoms with Crippen LogP contribution in [0.3, 0.4) is 0 Å². The number of hydrogen-bond acceptors (Lipinski definition) is 8. The second kappa shape index (κ2) is 10.9. The van der Waals surface area contributed by atoms with Crippen LogP contribution in [0.5, 0.6) is 0 Å². The van der Waals surface area contributed by atoms with E-state index in [1.54, 1.807) is 30.3 Å². The standard InChI is InChI=1S/C21H23N3O5S2/c1-24(2)17-6-4-15(5-7-17)12-16(13-22)21(26)29-14-19(25)20-9-8-18(30-20)10-11-23-31(3,27)28/h4-9,12,23H,10-11,14H2,1-3H3/b16-12+. The highest BCUT2D eigenvalue weighted by Gasteiger charge is 2.16. The molecule has 1 N–H and O–H groups in total. The third kappa shape index (κ3) is 7.97. The predicted octanol–water partition coefficient (Wildman–Crippen LogP) is 2.24. The van der Waals surface area contributed by atoms with Gasteiger partial charge in [-0.15, -0.1) is 11.3 Å². The first-order chi connectivity index (χ1) is 14.6. The van der Waals surface area contributed by atoms with Crippen molar-refractivity contribution < 1.29 is 22.7 Å². The number of anilines is 1. The predicted molar refractivity (Wildman–Crippen MR) is 121 cm³/mol. The van der Waals surface area contributed by atoms with E-state index in [0.717, 1.165) is 16.8 Å². The van der Waals surface area contributed by atoms with Gasteiger partial charge in [-0.05, 0) is 42.3 Å². The van der Waals surface area contributed by atoms with Crippen molar-refractivity contribution in [2.24, 2.45) is 0 Å². The molecular weight excluding hydrogens is 438 g/mol. The summed E-state index contributed by atoms with van der Waals surface area (Å²) >= 11 is 1.20. The zero-order chi connectivity index (χ0) is 23.0. The molecule has 0 spiro atoms. The molecule has 1 aromatic heterocycles. The number of Topliss-reactive ketones (excluding diaryl/α,β-unsaturated/α-hetero) is 1. The maximum absolute atomic E-state index is 12.3. The normalized spacial score (nSPS) is 11.6. The number of nitrogens with one attached hydrogen (secondary N) is 1. The summed E-state index contributed by atoms with van der Waals surface area (Å²) in [4.78, 5) is 27.6. The van der Waals surface area contributed by atoms with Crippen LogP contribution >= 0.6 is 11.3 Å². The van der Waals surface area contributed by atoms with Crippen molar-refractivity contribution >= 4 is 44.9 Å². The van der Waals surface area contributed by atoms with Crippen molar-refractivity contribution in [1.29, 1.82) is 5.26 Å². The Labute approximate surface area is 185 Å². The van der Waals surface area contributed by atoms with Gasteiger partial charge in [0.15, 0.2) is 6.61 Å². The average Bonchev–Trinajstić information content (AvgIpc) is 3.18. The van der Waals surface area contributed by atoms with Gasteiger partial charge in [0.1, 0.15) is 11.6 Å². The topological polar surface area (TPSA) is 117 Å². The maximum atomic E-state index is 12.3. The first kappa shape index (κ1) is 24.3. The van der Waals surface area contributed by atoms with Crippen LogP contribution in [0.25, 0.3) is 6.08 Å². The molecule has 1 heterocycles. The summed E-state index contributed by atoms with van der Waals surface area (Å²) in [5, 5.41) is 9.27.